The maximum Gasteiger partial charge on any atom is 0.328 e. The second-order valence-corrected chi connectivity index (χ2v) is 4.07. The van der Waals surface area contributed by atoms with Crippen LogP contribution >= 0.6 is 0 Å². The van der Waals surface area contributed by atoms with Crippen molar-refractivity contribution in [2.75, 3.05) is 0 Å². The predicted octanol–water partition coefficient (Wildman–Crippen LogP) is 3.49. The summed E-state index contributed by atoms with van der Waals surface area (Å²) < 4.78 is 18.8. The van der Waals surface area contributed by atoms with Crippen LogP contribution < -0.4 is 4.74 Å². The molecule has 0 fully saturated rings. The molecule has 0 radical (unpaired) electrons. The van der Waals surface area contributed by atoms with Gasteiger partial charge in [0, 0.05) is 11.6 Å². The van der Waals surface area contributed by atoms with Crippen molar-refractivity contribution in [1.82, 2.24) is 0 Å². The third-order valence-electron chi connectivity index (χ3n) is 2.40. The lowest BCUT2D eigenvalue weighted by Crippen LogP contribution is -2.11. The Bertz CT molecular complexity index is 441. The molecule has 0 heterocycles. The Morgan fingerprint density at radius 2 is 2.28 bits per heavy atom. The molecule has 1 N–H and O–H groups in total. The molecule has 0 amide bonds. The molecule has 1 atom stereocenters. The lowest BCUT2D eigenvalue weighted by atomic mass is 10.1. The molecule has 0 saturated carbocycles. The molecule has 0 aromatic heterocycles. The summed E-state index contributed by atoms with van der Waals surface area (Å²) in [5, 5.41) is 8.58. The number of ether oxygens (including phenoxy) is 1. The Morgan fingerprint density at radius 1 is 1.56 bits per heavy atom. The Hall–Kier alpha value is -1.84. The van der Waals surface area contributed by atoms with Gasteiger partial charge in [-0.2, -0.15) is 0 Å². The number of halogens is 1. The lowest BCUT2D eigenvalue weighted by Gasteiger charge is -2.15. The monoisotopic (exact) mass is 252 g/mol. The van der Waals surface area contributed by atoms with E-state index in [1.54, 1.807) is 0 Å². The molecule has 1 rings (SSSR count). The highest BCUT2D eigenvalue weighted by Crippen LogP contribution is 2.23. The van der Waals surface area contributed by atoms with Gasteiger partial charge in [-0.05, 0) is 37.6 Å². The molecule has 18 heavy (non-hydrogen) atoms. The molecule has 0 spiro atoms. The molecule has 0 aliphatic heterocycles. The molecule has 0 aliphatic carbocycles. The summed E-state index contributed by atoms with van der Waals surface area (Å²) >= 11 is 0. The quantitative estimate of drug-likeness (QED) is 0.788. The molecule has 0 aliphatic rings. The predicted molar refractivity (Wildman–Crippen MR) is 68.1 cm³/mol. The van der Waals surface area contributed by atoms with Crippen LogP contribution in [0.25, 0.3) is 6.08 Å². The number of benzene rings is 1. The minimum absolute atomic E-state index is 0.0115. The molecule has 1 aromatic rings. The maximum absolute atomic E-state index is 13.1. The summed E-state index contributed by atoms with van der Waals surface area (Å²) in [6, 6.07) is 4.07. The minimum atomic E-state index is -1.08. The minimum Gasteiger partial charge on any atom is -0.490 e. The van der Waals surface area contributed by atoms with Gasteiger partial charge in [0.1, 0.15) is 11.6 Å². The Morgan fingerprint density at radius 3 is 2.89 bits per heavy atom. The van der Waals surface area contributed by atoms with Crippen molar-refractivity contribution in [2.45, 2.75) is 32.8 Å². The van der Waals surface area contributed by atoms with Crippen LogP contribution in [-0.4, -0.2) is 17.2 Å². The van der Waals surface area contributed by atoms with Crippen molar-refractivity contribution in [2.24, 2.45) is 0 Å². The molecule has 0 bridgehead atoms. The topological polar surface area (TPSA) is 46.5 Å². The first kappa shape index (κ1) is 14.2. The highest BCUT2D eigenvalue weighted by atomic mass is 19.1. The number of carboxylic acid groups (broad SMARTS) is 1. The van der Waals surface area contributed by atoms with Gasteiger partial charge in [0.2, 0.25) is 0 Å². The summed E-state index contributed by atoms with van der Waals surface area (Å²) in [4.78, 5) is 10.5. The zero-order chi connectivity index (χ0) is 13.5. The van der Waals surface area contributed by atoms with Crippen molar-refractivity contribution in [3.63, 3.8) is 0 Å². The zero-order valence-corrected chi connectivity index (χ0v) is 10.5. The van der Waals surface area contributed by atoms with Crippen LogP contribution in [0.3, 0.4) is 0 Å². The van der Waals surface area contributed by atoms with Crippen LogP contribution in [0.15, 0.2) is 24.3 Å². The van der Waals surface area contributed by atoms with Crippen molar-refractivity contribution >= 4 is 12.0 Å². The smallest absolute Gasteiger partial charge is 0.328 e. The van der Waals surface area contributed by atoms with Gasteiger partial charge in [0.25, 0.3) is 0 Å². The van der Waals surface area contributed by atoms with Crippen LogP contribution in [0.4, 0.5) is 4.39 Å². The first-order valence-electron chi connectivity index (χ1n) is 5.90. The van der Waals surface area contributed by atoms with Gasteiger partial charge in [-0.3, -0.25) is 0 Å². The first-order valence-corrected chi connectivity index (χ1v) is 5.90. The van der Waals surface area contributed by atoms with Crippen LogP contribution in [0.2, 0.25) is 0 Å². The van der Waals surface area contributed by atoms with E-state index >= 15 is 0 Å². The van der Waals surface area contributed by atoms with Crippen LogP contribution in [0, 0.1) is 5.82 Å². The third kappa shape index (κ3) is 4.57. The van der Waals surface area contributed by atoms with Gasteiger partial charge in [0.15, 0.2) is 0 Å². The van der Waals surface area contributed by atoms with E-state index in [1.165, 1.54) is 24.3 Å². The fraction of sp³-hybridized carbons (Fsp3) is 0.357. The molecule has 0 saturated heterocycles. The Balaban J connectivity index is 2.92. The average molecular weight is 252 g/mol. The Kier molecular flexibility index (Phi) is 5.36. The standard InChI is InChI=1S/C14H17FO3/c1-3-4-10(2)18-13-7-6-12(15)9-11(13)5-8-14(16)17/h5-10H,3-4H2,1-2H3,(H,16,17)/b8-5+. The molecule has 4 heteroatoms. The summed E-state index contributed by atoms with van der Waals surface area (Å²) in [5.74, 6) is -1.00. The van der Waals surface area contributed by atoms with E-state index in [2.05, 4.69) is 6.92 Å². The summed E-state index contributed by atoms with van der Waals surface area (Å²) in [6.07, 6.45) is 4.19. The van der Waals surface area contributed by atoms with Crippen molar-refractivity contribution in [1.29, 1.82) is 0 Å². The number of hydrogen-bond donors (Lipinski definition) is 1. The molecule has 1 unspecified atom stereocenters. The number of carboxylic acids is 1. The van der Waals surface area contributed by atoms with Gasteiger partial charge in [0.05, 0.1) is 6.10 Å². The third-order valence-corrected chi connectivity index (χ3v) is 2.40. The van der Waals surface area contributed by atoms with Gasteiger partial charge < -0.3 is 9.84 Å². The van der Waals surface area contributed by atoms with Crippen molar-refractivity contribution < 1.29 is 19.0 Å². The number of carbonyl (C=O) groups is 1. The highest BCUT2D eigenvalue weighted by molar-refractivity contribution is 5.85. The molecular weight excluding hydrogens is 235 g/mol. The fourth-order valence-corrected chi connectivity index (χ4v) is 1.60. The number of rotatable bonds is 6. The summed E-state index contributed by atoms with van der Waals surface area (Å²) in [7, 11) is 0. The van der Waals surface area contributed by atoms with Crippen molar-refractivity contribution in [3.05, 3.63) is 35.7 Å². The van der Waals surface area contributed by atoms with E-state index in [1.807, 2.05) is 6.92 Å². The largest absolute Gasteiger partial charge is 0.490 e. The normalized spacial score (nSPS) is 12.6. The van der Waals surface area contributed by atoms with Gasteiger partial charge in [-0.15, -0.1) is 0 Å². The van der Waals surface area contributed by atoms with E-state index in [-0.39, 0.29) is 6.10 Å². The van der Waals surface area contributed by atoms with Gasteiger partial charge in [-0.1, -0.05) is 13.3 Å². The maximum atomic E-state index is 13.1. The van der Waals surface area contributed by atoms with E-state index in [4.69, 9.17) is 9.84 Å². The Labute approximate surface area is 106 Å². The summed E-state index contributed by atoms with van der Waals surface area (Å²) in [5.41, 5.74) is 0.431. The SMILES string of the molecule is CCCC(C)Oc1ccc(F)cc1/C=C/C(=O)O. The number of aliphatic carboxylic acids is 1. The molecular formula is C14H17FO3. The fourth-order valence-electron chi connectivity index (χ4n) is 1.60. The van der Waals surface area contributed by atoms with Gasteiger partial charge >= 0.3 is 5.97 Å². The number of hydrogen-bond acceptors (Lipinski definition) is 2. The zero-order valence-electron chi connectivity index (χ0n) is 10.5. The molecule has 3 nitrogen and oxygen atoms in total. The lowest BCUT2D eigenvalue weighted by molar-refractivity contribution is -0.131. The van der Waals surface area contributed by atoms with E-state index in [0.29, 0.717) is 11.3 Å². The molecule has 98 valence electrons. The van der Waals surface area contributed by atoms with Crippen LogP contribution in [-0.2, 0) is 4.79 Å². The highest BCUT2D eigenvalue weighted by Gasteiger charge is 2.07. The van der Waals surface area contributed by atoms with Crippen molar-refractivity contribution in [3.8, 4) is 5.75 Å². The van der Waals surface area contributed by atoms with Gasteiger partial charge in [-0.25, -0.2) is 9.18 Å². The van der Waals surface area contributed by atoms with E-state index < -0.39 is 11.8 Å². The van der Waals surface area contributed by atoms with E-state index in [9.17, 15) is 9.18 Å². The second kappa shape index (κ2) is 6.79. The second-order valence-electron chi connectivity index (χ2n) is 4.07. The molecule has 1 aromatic carbocycles. The van der Waals surface area contributed by atoms with E-state index in [0.717, 1.165) is 18.9 Å². The average Bonchev–Trinajstić information content (AvgIpc) is 2.29. The van der Waals surface area contributed by atoms with Crippen LogP contribution in [0.5, 0.6) is 5.75 Å². The van der Waals surface area contributed by atoms with Crippen LogP contribution in [0.1, 0.15) is 32.3 Å². The first-order chi connectivity index (χ1) is 8.52. The summed E-state index contributed by atoms with van der Waals surface area (Å²) in [6.45, 7) is 3.98.